The third-order valence-electron chi connectivity index (χ3n) is 5.25. The van der Waals surface area contributed by atoms with Gasteiger partial charge in [-0.1, -0.05) is 42.5 Å². The number of anilines is 2. The molecule has 34 heavy (non-hydrogen) atoms. The van der Waals surface area contributed by atoms with Crippen molar-refractivity contribution in [3.8, 4) is 0 Å². The van der Waals surface area contributed by atoms with E-state index in [9.17, 15) is 19.2 Å². The van der Waals surface area contributed by atoms with Crippen molar-refractivity contribution in [3.05, 3.63) is 76.3 Å². The van der Waals surface area contributed by atoms with E-state index in [4.69, 9.17) is 4.74 Å². The van der Waals surface area contributed by atoms with E-state index >= 15 is 0 Å². The number of methoxy groups -OCH3 is 1. The zero-order chi connectivity index (χ0) is 24.1. The number of esters is 1. The van der Waals surface area contributed by atoms with Crippen LogP contribution < -0.4 is 16.0 Å². The monoisotopic (exact) mass is 478 g/mol. The molecule has 1 atom stereocenters. The summed E-state index contributed by atoms with van der Waals surface area (Å²) in [5, 5.41) is 8.10. The van der Waals surface area contributed by atoms with Crippen molar-refractivity contribution in [2.24, 2.45) is 0 Å². The van der Waals surface area contributed by atoms with Crippen LogP contribution in [-0.2, 0) is 27.2 Å². The van der Waals surface area contributed by atoms with Crippen LogP contribution in [0.3, 0.4) is 0 Å². The Morgan fingerprint density at radius 2 is 1.79 bits per heavy atom. The maximum Gasteiger partial charge on any atom is 0.357 e. The molecule has 3 aromatic rings. The van der Waals surface area contributed by atoms with Gasteiger partial charge in [0.2, 0.25) is 11.8 Å². The molecular weight excluding hydrogens is 456 g/mol. The molecule has 0 saturated heterocycles. The Morgan fingerprint density at radius 1 is 1.06 bits per heavy atom. The van der Waals surface area contributed by atoms with Crippen molar-refractivity contribution in [1.29, 1.82) is 0 Å². The first-order valence-electron chi connectivity index (χ1n) is 10.6. The lowest BCUT2D eigenvalue weighted by molar-refractivity contribution is -0.122. The molecule has 3 amide bonds. The number of para-hydroxylation sites is 1. The molecule has 174 valence electrons. The Hall–Kier alpha value is -4.05. The molecule has 0 spiro atoms. The molecule has 2 heterocycles. The molecule has 1 aromatic heterocycles. The summed E-state index contributed by atoms with van der Waals surface area (Å²) in [7, 11) is 1.27. The van der Waals surface area contributed by atoms with Gasteiger partial charge in [-0.15, -0.1) is 11.3 Å². The third kappa shape index (κ3) is 5.29. The lowest BCUT2D eigenvalue weighted by Crippen LogP contribution is -2.43. The standard InChI is InChI=1S/C24H22N4O5S/c1-33-23(32)20-18(12-11-14-7-3-2-4-8-14)34-24(28-20)27-19(29)13-17-22(31)25-16-10-6-5-9-15(16)21(30)26-17/h2-10,17H,11-13H2,1H3,(H,25,31)(H,26,30)(H,27,28,29)/t17-/m1/s1. The van der Waals surface area contributed by atoms with E-state index in [1.807, 2.05) is 30.3 Å². The maximum atomic E-state index is 12.7. The average molecular weight is 479 g/mol. The molecule has 0 radical (unpaired) electrons. The first kappa shape index (κ1) is 23.1. The number of fused-ring (bicyclic) bond motifs is 1. The van der Waals surface area contributed by atoms with Crippen LogP contribution in [0.5, 0.6) is 0 Å². The predicted octanol–water partition coefficient (Wildman–Crippen LogP) is 2.79. The minimum atomic E-state index is -1.06. The molecule has 0 saturated carbocycles. The van der Waals surface area contributed by atoms with Gasteiger partial charge in [-0.2, -0.15) is 0 Å². The van der Waals surface area contributed by atoms with Gasteiger partial charge >= 0.3 is 5.97 Å². The fourth-order valence-corrected chi connectivity index (χ4v) is 4.51. The zero-order valence-electron chi connectivity index (χ0n) is 18.3. The van der Waals surface area contributed by atoms with Crippen molar-refractivity contribution in [2.75, 3.05) is 17.7 Å². The van der Waals surface area contributed by atoms with Crippen molar-refractivity contribution in [1.82, 2.24) is 10.3 Å². The highest BCUT2D eigenvalue weighted by atomic mass is 32.1. The van der Waals surface area contributed by atoms with Gasteiger partial charge in [0, 0.05) is 4.88 Å². The summed E-state index contributed by atoms with van der Waals surface area (Å²) in [6, 6.07) is 15.3. The van der Waals surface area contributed by atoms with E-state index < -0.39 is 29.7 Å². The normalized spacial score (nSPS) is 14.9. The summed E-state index contributed by atoms with van der Waals surface area (Å²) in [6.07, 6.45) is 0.939. The second-order valence-electron chi connectivity index (χ2n) is 7.58. The van der Waals surface area contributed by atoms with Gasteiger partial charge in [-0.3, -0.25) is 14.4 Å². The molecule has 0 bridgehead atoms. The first-order chi connectivity index (χ1) is 16.4. The van der Waals surface area contributed by atoms with Crippen molar-refractivity contribution in [3.63, 3.8) is 0 Å². The molecule has 2 aromatic carbocycles. The van der Waals surface area contributed by atoms with Gasteiger partial charge in [-0.25, -0.2) is 9.78 Å². The van der Waals surface area contributed by atoms with E-state index in [2.05, 4.69) is 20.9 Å². The van der Waals surface area contributed by atoms with Crippen molar-refractivity contribution < 1.29 is 23.9 Å². The van der Waals surface area contributed by atoms with Crippen LogP contribution in [0.25, 0.3) is 0 Å². The lowest BCUT2D eigenvalue weighted by Gasteiger charge is -2.13. The van der Waals surface area contributed by atoms with Crippen LogP contribution in [0.15, 0.2) is 54.6 Å². The first-order valence-corrected chi connectivity index (χ1v) is 11.4. The molecule has 9 nitrogen and oxygen atoms in total. The molecule has 0 unspecified atom stereocenters. The minimum Gasteiger partial charge on any atom is -0.464 e. The highest BCUT2D eigenvalue weighted by Crippen LogP contribution is 2.26. The summed E-state index contributed by atoms with van der Waals surface area (Å²) >= 11 is 1.18. The Kier molecular flexibility index (Phi) is 6.98. The maximum absolute atomic E-state index is 12.7. The highest BCUT2D eigenvalue weighted by Gasteiger charge is 2.30. The fraction of sp³-hybridized carbons (Fsp3) is 0.208. The smallest absolute Gasteiger partial charge is 0.357 e. The summed E-state index contributed by atoms with van der Waals surface area (Å²) < 4.78 is 4.83. The minimum absolute atomic E-state index is 0.148. The summed E-state index contributed by atoms with van der Waals surface area (Å²) in [5.41, 5.74) is 1.96. The SMILES string of the molecule is COC(=O)c1nc(NC(=O)C[C@H]2NC(=O)c3ccccc3NC2=O)sc1CCc1ccccc1. The summed E-state index contributed by atoms with van der Waals surface area (Å²) in [5.74, 6) is -2.05. The lowest BCUT2D eigenvalue weighted by atomic mass is 10.1. The number of nitrogens with one attached hydrogen (secondary N) is 3. The number of carbonyl (C=O) groups is 4. The van der Waals surface area contributed by atoms with Gasteiger partial charge in [0.1, 0.15) is 6.04 Å². The summed E-state index contributed by atoms with van der Waals surface area (Å²) in [4.78, 5) is 54.8. The predicted molar refractivity (Wildman–Crippen MR) is 127 cm³/mol. The quantitative estimate of drug-likeness (QED) is 0.448. The van der Waals surface area contributed by atoms with E-state index in [0.29, 0.717) is 29.0 Å². The Bertz CT molecular complexity index is 1240. The molecular formula is C24H22N4O5S. The number of amides is 3. The molecule has 1 aliphatic heterocycles. The van der Waals surface area contributed by atoms with Crippen LogP contribution in [0.4, 0.5) is 10.8 Å². The van der Waals surface area contributed by atoms with Crippen LogP contribution >= 0.6 is 11.3 Å². The number of hydrogen-bond donors (Lipinski definition) is 3. The zero-order valence-corrected chi connectivity index (χ0v) is 19.1. The average Bonchev–Trinajstić information content (AvgIpc) is 3.19. The third-order valence-corrected chi connectivity index (χ3v) is 6.28. The number of aromatic nitrogens is 1. The molecule has 4 rings (SSSR count). The van der Waals surface area contributed by atoms with Gasteiger partial charge in [-0.05, 0) is 30.5 Å². The van der Waals surface area contributed by atoms with Crippen LogP contribution in [0.2, 0.25) is 0 Å². The highest BCUT2D eigenvalue weighted by molar-refractivity contribution is 7.16. The number of nitrogens with zero attached hydrogens (tertiary/aromatic N) is 1. The topological polar surface area (TPSA) is 126 Å². The van der Waals surface area contributed by atoms with Crippen molar-refractivity contribution >= 4 is 45.8 Å². The second kappa shape index (κ2) is 10.3. The molecule has 10 heteroatoms. The number of rotatable bonds is 7. The second-order valence-corrected chi connectivity index (χ2v) is 8.66. The van der Waals surface area contributed by atoms with Crippen molar-refractivity contribution in [2.45, 2.75) is 25.3 Å². The van der Waals surface area contributed by atoms with Crippen LogP contribution in [0, 0.1) is 0 Å². The van der Waals surface area contributed by atoms with E-state index in [0.717, 1.165) is 5.56 Å². The Labute approximate surface area is 199 Å². The van der Waals surface area contributed by atoms with Gasteiger partial charge in [0.05, 0.1) is 24.8 Å². The number of aryl methyl sites for hydroxylation is 2. The summed E-state index contributed by atoms with van der Waals surface area (Å²) in [6.45, 7) is 0. The largest absolute Gasteiger partial charge is 0.464 e. The van der Waals surface area contributed by atoms with Gasteiger partial charge < -0.3 is 20.7 Å². The van der Waals surface area contributed by atoms with E-state index in [1.165, 1.54) is 18.4 Å². The fourth-order valence-electron chi connectivity index (χ4n) is 3.54. The molecule has 0 aliphatic carbocycles. The van der Waals surface area contributed by atoms with E-state index in [-0.39, 0.29) is 17.2 Å². The number of hydrogen-bond acceptors (Lipinski definition) is 7. The number of ether oxygens (including phenoxy) is 1. The van der Waals surface area contributed by atoms with Gasteiger partial charge in [0.15, 0.2) is 10.8 Å². The Morgan fingerprint density at radius 3 is 2.56 bits per heavy atom. The van der Waals surface area contributed by atoms with E-state index in [1.54, 1.807) is 24.3 Å². The molecule has 0 fully saturated rings. The Balaban J connectivity index is 1.44. The number of thiazole rings is 1. The van der Waals surface area contributed by atoms with Crippen LogP contribution in [0.1, 0.15) is 37.7 Å². The van der Waals surface area contributed by atoms with Crippen LogP contribution in [-0.4, -0.2) is 41.8 Å². The molecule has 1 aliphatic rings. The van der Waals surface area contributed by atoms with Gasteiger partial charge in [0.25, 0.3) is 5.91 Å². The molecule has 3 N–H and O–H groups in total. The number of benzene rings is 2. The number of carbonyl (C=O) groups excluding carboxylic acids is 4.